The van der Waals surface area contributed by atoms with Gasteiger partial charge in [0.2, 0.25) is 5.89 Å². The van der Waals surface area contributed by atoms with Crippen molar-refractivity contribution in [2.45, 2.75) is 38.4 Å². The van der Waals surface area contributed by atoms with Crippen LogP contribution in [0.25, 0.3) is 0 Å². The van der Waals surface area contributed by atoms with E-state index >= 15 is 0 Å². The van der Waals surface area contributed by atoms with Crippen LogP contribution in [0.1, 0.15) is 36.7 Å². The minimum atomic E-state index is -1.08. The first-order valence-electron chi connectivity index (χ1n) is 6.92. The van der Waals surface area contributed by atoms with Gasteiger partial charge in [-0.2, -0.15) is 4.98 Å². The SMILES string of the molecule is CC(C)Cc1nc(CS(=O)Cc2ccc(CO)cc2)no1. The summed E-state index contributed by atoms with van der Waals surface area (Å²) in [5, 5.41) is 12.8. The summed E-state index contributed by atoms with van der Waals surface area (Å²) in [6.45, 7) is 4.18. The minimum absolute atomic E-state index is 0.0187. The van der Waals surface area contributed by atoms with Crippen molar-refractivity contribution in [1.82, 2.24) is 10.1 Å². The summed E-state index contributed by atoms with van der Waals surface area (Å²) in [4.78, 5) is 4.26. The highest BCUT2D eigenvalue weighted by atomic mass is 32.2. The molecule has 1 atom stereocenters. The predicted molar refractivity (Wildman–Crippen MR) is 80.8 cm³/mol. The molecule has 0 bridgehead atoms. The summed E-state index contributed by atoms with van der Waals surface area (Å²) in [5.74, 6) is 2.29. The molecule has 1 N–H and O–H groups in total. The molecule has 2 rings (SSSR count). The second-order valence-corrected chi connectivity index (χ2v) is 6.86. The number of nitrogens with zero attached hydrogens (tertiary/aromatic N) is 2. The van der Waals surface area contributed by atoms with Crippen molar-refractivity contribution in [2.24, 2.45) is 5.92 Å². The van der Waals surface area contributed by atoms with Gasteiger partial charge in [0.15, 0.2) is 5.82 Å². The van der Waals surface area contributed by atoms with Gasteiger partial charge in [0, 0.05) is 23.0 Å². The van der Waals surface area contributed by atoms with Crippen molar-refractivity contribution < 1.29 is 13.8 Å². The maximum Gasteiger partial charge on any atom is 0.226 e. The molecule has 21 heavy (non-hydrogen) atoms. The highest BCUT2D eigenvalue weighted by Gasteiger charge is 2.11. The number of benzene rings is 1. The van der Waals surface area contributed by atoms with Gasteiger partial charge in [0.25, 0.3) is 0 Å². The summed E-state index contributed by atoms with van der Waals surface area (Å²) >= 11 is 0. The van der Waals surface area contributed by atoms with Gasteiger partial charge in [-0.3, -0.25) is 4.21 Å². The van der Waals surface area contributed by atoms with Crippen LogP contribution in [0.4, 0.5) is 0 Å². The van der Waals surface area contributed by atoms with E-state index in [1.807, 2.05) is 24.3 Å². The Hall–Kier alpha value is -1.53. The first-order valence-corrected chi connectivity index (χ1v) is 8.40. The maximum atomic E-state index is 12.1. The fraction of sp³-hybridized carbons (Fsp3) is 0.467. The monoisotopic (exact) mass is 308 g/mol. The molecule has 0 fully saturated rings. The Morgan fingerprint density at radius 1 is 1.19 bits per heavy atom. The van der Waals surface area contributed by atoms with Gasteiger partial charge in [-0.15, -0.1) is 0 Å². The van der Waals surface area contributed by atoms with E-state index in [4.69, 9.17) is 9.63 Å². The Morgan fingerprint density at radius 2 is 1.86 bits per heavy atom. The average molecular weight is 308 g/mol. The number of aromatic nitrogens is 2. The topological polar surface area (TPSA) is 76.2 Å². The third kappa shape index (κ3) is 5.06. The van der Waals surface area contributed by atoms with E-state index in [2.05, 4.69) is 24.0 Å². The number of aliphatic hydroxyl groups is 1. The molecule has 0 spiro atoms. The molecule has 0 saturated heterocycles. The van der Waals surface area contributed by atoms with Crippen LogP contribution in [0, 0.1) is 5.92 Å². The molecule has 1 aromatic heterocycles. The Morgan fingerprint density at radius 3 is 2.48 bits per heavy atom. The number of hydrogen-bond acceptors (Lipinski definition) is 5. The Labute approximate surface area is 126 Å². The predicted octanol–water partition coefficient (Wildman–Crippen LogP) is 2.21. The molecule has 1 aromatic carbocycles. The lowest BCUT2D eigenvalue weighted by molar-refractivity contribution is 0.282. The van der Waals surface area contributed by atoms with Crippen LogP contribution in [-0.4, -0.2) is 19.5 Å². The van der Waals surface area contributed by atoms with E-state index in [0.29, 0.717) is 29.1 Å². The zero-order valence-electron chi connectivity index (χ0n) is 12.3. The van der Waals surface area contributed by atoms with Crippen LogP contribution in [0.2, 0.25) is 0 Å². The normalized spacial score (nSPS) is 12.8. The van der Waals surface area contributed by atoms with Gasteiger partial charge in [-0.1, -0.05) is 43.3 Å². The summed E-state index contributed by atoms with van der Waals surface area (Å²) < 4.78 is 17.2. The molecule has 0 amide bonds. The Kier molecular flexibility index (Phi) is 5.64. The highest BCUT2D eigenvalue weighted by molar-refractivity contribution is 7.83. The van der Waals surface area contributed by atoms with Crippen LogP contribution in [0.5, 0.6) is 0 Å². The molecule has 1 heterocycles. The van der Waals surface area contributed by atoms with Crippen molar-refractivity contribution in [3.8, 4) is 0 Å². The van der Waals surface area contributed by atoms with Gasteiger partial charge in [0.05, 0.1) is 12.4 Å². The van der Waals surface area contributed by atoms with Crippen molar-refractivity contribution >= 4 is 10.8 Å². The lowest BCUT2D eigenvalue weighted by Crippen LogP contribution is -2.02. The van der Waals surface area contributed by atoms with Gasteiger partial charge < -0.3 is 9.63 Å². The molecule has 0 aliphatic rings. The first-order chi connectivity index (χ1) is 10.1. The summed E-state index contributed by atoms with van der Waals surface area (Å²) in [5.41, 5.74) is 1.82. The molecule has 0 aliphatic carbocycles. The van der Waals surface area contributed by atoms with Crippen molar-refractivity contribution in [1.29, 1.82) is 0 Å². The molecule has 0 radical (unpaired) electrons. The van der Waals surface area contributed by atoms with E-state index in [1.54, 1.807) is 0 Å². The lowest BCUT2D eigenvalue weighted by atomic mass is 10.1. The molecule has 6 heteroatoms. The molecule has 2 aromatic rings. The minimum Gasteiger partial charge on any atom is -0.392 e. The quantitative estimate of drug-likeness (QED) is 0.848. The zero-order chi connectivity index (χ0) is 15.2. The molecule has 0 saturated carbocycles. The van der Waals surface area contributed by atoms with Crippen LogP contribution in [-0.2, 0) is 35.3 Å². The smallest absolute Gasteiger partial charge is 0.226 e. The first kappa shape index (κ1) is 15.9. The Bertz CT molecular complexity index is 593. The van der Waals surface area contributed by atoms with Gasteiger partial charge >= 0.3 is 0 Å². The number of rotatable bonds is 7. The van der Waals surface area contributed by atoms with E-state index in [1.165, 1.54) is 0 Å². The van der Waals surface area contributed by atoms with E-state index < -0.39 is 10.8 Å². The second kappa shape index (κ2) is 7.47. The largest absolute Gasteiger partial charge is 0.392 e. The molecular weight excluding hydrogens is 288 g/mol. The molecule has 5 nitrogen and oxygen atoms in total. The number of aliphatic hydroxyl groups excluding tert-OH is 1. The van der Waals surface area contributed by atoms with Crippen LogP contribution in [0.15, 0.2) is 28.8 Å². The number of hydrogen-bond donors (Lipinski definition) is 1. The fourth-order valence-electron chi connectivity index (χ4n) is 1.90. The van der Waals surface area contributed by atoms with Gasteiger partial charge in [0.1, 0.15) is 0 Å². The van der Waals surface area contributed by atoms with Gasteiger partial charge in [-0.05, 0) is 17.0 Å². The van der Waals surface area contributed by atoms with Crippen LogP contribution < -0.4 is 0 Å². The van der Waals surface area contributed by atoms with Gasteiger partial charge in [-0.25, -0.2) is 0 Å². The molecule has 114 valence electrons. The Balaban J connectivity index is 1.90. The second-order valence-electron chi connectivity index (χ2n) is 5.41. The lowest BCUT2D eigenvalue weighted by Gasteiger charge is -2.01. The fourth-order valence-corrected chi connectivity index (χ4v) is 2.97. The standard InChI is InChI=1S/C15H20N2O3S/c1-11(2)7-15-16-14(17-20-15)10-21(19)9-13-5-3-12(8-18)4-6-13/h3-6,11,18H,7-10H2,1-2H3. The van der Waals surface area contributed by atoms with Crippen LogP contribution >= 0.6 is 0 Å². The summed E-state index contributed by atoms with van der Waals surface area (Å²) in [6, 6.07) is 7.43. The molecular formula is C15H20N2O3S. The van der Waals surface area contributed by atoms with Crippen molar-refractivity contribution in [2.75, 3.05) is 0 Å². The zero-order valence-corrected chi connectivity index (χ0v) is 13.1. The van der Waals surface area contributed by atoms with Crippen molar-refractivity contribution in [3.05, 3.63) is 47.1 Å². The van der Waals surface area contributed by atoms with Crippen LogP contribution in [0.3, 0.4) is 0 Å². The van der Waals surface area contributed by atoms with E-state index in [9.17, 15) is 4.21 Å². The third-order valence-electron chi connectivity index (χ3n) is 2.92. The third-order valence-corrected chi connectivity index (χ3v) is 4.15. The maximum absolute atomic E-state index is 12.1. The highest BCUT2D eigenvalue weighted by Crippen LogP contribution is 2.11. The molecule has 0 aliphatic heterocycles. The summed E-state index contributed by atoms with van der Waals surface area (Å²) in [7, 11) is -1.08. The van der Waals surface area contributed by atoms with E-state index in [0.717, 1.165) is 17.5 Å². The summed E-state index contributed by atoms with van der Waals surface area (Å²) in [6.07, 6.45) is 0.738. The van der Waals surface area contributed by atoms with E-state index in [-0.39, 0.29) is 6.61 Å². The molecule has 1 unspecified atom stereocenters. The average Bonchev–Trinajstić information content (AvgIpc) is 2.85. The van der Waals surface area contributed by atoms with Crippen molar-refractivity contribution in [3.63, 3.8) is 0 Å².